The van der Waals surface area contributed by atoms with E-state index < -0.39 is 10.7 Å². The molecule has 0 aliphatic carbocycles. The standard InChI is InChI=1S/C25H18FN7O4/c1-13-9-10-28-25(31-13)37-18-8-7-16(17(11-34)21(18)26)19-20-23(27)29-12-30-24(20)32(2)22(19)14-3-5-15(6-4-14)33(35)36/h3-12H,1-2H3,(H2,27,29,30). The fraction of sp³-hybridized carbons (Fsp3) is 0.0800. The zero-order chi connectivity index (χ0) is 26.3. The summed E-state index contributed by atoms with van der Waals surface area (Å²) in [7, 11) is 1.72. The van der Waals surface area contributed by atoms with Crippen molar-refractivity contribution in [3.63, 3.8) is 0 Å². The van der Waals surface area contributed by atoms with Gasteiger partial charge < -0.3 is 15.0 Å². The Morgan fingerprint density at radius 1 is 1.11 bits per heavy atom. The number of carbonyl (C=O) groups is 1. The number of non-ortho nitro benzene ring substituents is 1. The van der Waals surface area contributed by atoms with Gasteiger partial charge in [-0.05, 0) is 48.4 Å². The summed E-state index contributed by atoms with van der Waals surface area (Å²) in [6.07, 6.45) is 3.15. The summed E-state index contributed by atoms with van der Waals surface area (Å²) in [6, 6.07) is 10.3. The van der Waals surface area contributed by atoms with E-state index in [9.17, 15) is 14.9 Å². The number of carbonyl (C=O) groups excluding carboxylic acids is 1. The van der Waals surface area contributed by atoms with Gasteiger partial charge in [-0.25, -0.2) is 24.3 Å². The number of nitro groups is 1. The molecular weight excluding hydrogens is 481 g/mol. The molecule has 0 aliphatic heterocycles. The van der Waals surface area contributed by atoms with E-state index in [1.54, 1.807) is 36.7 Å². The predicted octanol–water partition coefficient (Wildman–Crippen LogP) is 4.64. The summed E-state index contributed by atoms with van der Waals surface area (Å²) in [5.41, 5.74) is 8.57. The van der Waals surface area contributed by atoms with E-state index in [1.165, 1.54) is 36.8 Å². The molecule has 2 aromatic carbocycles. The number of rotatable bonds is 6. The van der Waals surface area contributed by atoms with E-state index in [0.29, 0.717) is 39.8 Å². The second-order valence-electron chi connectivity index (χ2n) is 8.08. The van der Waals surface area contributed by atoms with Crippen molar-refractivity contribution in [3.05, 3.63) is 82.2 Å². The molecule has 0 atom stereocenters. The number of nitro benzene ring substituents is 1. The maximum Gasteiger partial charge on any atom is 0.322 e. The highest BCUT2D eigenvalue weighted by atomic mass is 19.1. The van der Waals surface area contributed by atoms with Crippen LogP contribution in [0.4, 0.5) is 15.9 Å². The molecule has 0 saturated carbocycles. The summed E-state index contributed by atoms with van der Waals surface area (Å²) in [6.45, 7) is 1.73. The van der Waals surface area contributed by atoms with Crippen LogP contribution in [0.25, 0.3) is 33.4 Å². The molecule has 0 fully saturated rings. The number of fused-ring (bicyclic) bond motifs is 1. The normalized spacial score (nSPS) is 11.0. The van der Waals surface area contributed by atoms with Gasteiger partial charge in [0.1, 0.15) is 17.8 Å². The van der Waals surface area contributed by atoms with Crippen molar-refractivity contribution in [2.75, 3.05) is 5.73 Å². The Balaban J connectivity index is 1.76. The van der Waals surface area contributed by atoms with Crippen LogP contribution in [0.3, 0.4) is 0 Å². The molecule has 0 bridgehead atoms. The lowest BCUT2D eigenvalue weighted by Gasteiger charge is -2.13. The number of hydrogen-bond acceptors (Lipinski definition) is 9. The number of benzene rings is 2. The molecule has 184 valence electrons. The lowest BCUT2D eigenvalue weighted by molar-refractivity contribution is -0.384. The number of nitrogens with zero attached hydrogens (tertiary/aromatic N) is 6. The molecule has 0 aliphatic rings. The molecule has 0 saturated heterocycles. The highest BCUT2D eigenvalue weighted by Crippen LogP contribution is 2.44. The van der Waals surface area contributed by atoms with Crippen molar-refractivity contribution >= 4 is 28.8 Å². The molecule has 0 amide bonds. The monoisotopic (exact) mass is 499 g/mol. The molecule has 5 rings (SSSR count). The molecule has 0 spiro atoms. The van der Waals surface area contributed by atoms with E-state index in [4.69, 9.17) is 10.5 Å². The number of ether oxygens (including phenoxy) is 1. The fourth-order valence-corrected chi connectivity index (χ4v) is 4.18. The van der Waals surface area contributed by atoms with Gasteiger partial charge in [-0.3, -0.25) is 14.9 Å². The van der Waals surface area contributed by atoms with Crippen molar-refractivity contribution in [2.45, 2.75) is 6.92 Å². The number of aldehydes is 1. The minimum absolute atomic E-state index is 0.0714. The van der Waals surface area contributed by atoms with Gasteiger partial charge in [0, 0.05) is 36.6 Å². The van der Waals surface area contributed by atoms with Crippen LogP contribution >= 0.6 is 0 Å². The fourth-order valence-electron chi connectivity index (χ4n) is 4.18. The first-order chi connectivity index (χ1) is 17.8. The van der Waals surface area contributed by atoms with Crippen molar-refractivity contribution in [1.29, 1.82) is 0 Å². The van der Waals surface area contributed by atoms with Gasteiger partial charge in [0.05, 0.1) is 21.6 Å². The van der Waals surface area contributed by atoms with E-state index >= 15 is 4.39 Å². The van der Waals surface area contributed by atoms with Crippen LogP contribution in [0.15, 0.2) is 55.0 Å². The van der Waals surface area contributed by atoms with Gasteiger partial charge in [-0.1, -0.05) is 0 Å². The van der Waals surface area contributed by atoms with Crippen LogP contribution in [0, 0.1) is 22.9 Å². The van der Waals surface area contributed by atoms with Crippen LogP contribution in [0.2, 0.25) is 0 Å². The second kappa shape index (κ2) is 9.07. The number of halogens is 1. The Labute approximate surface area is 208 Å². The lowest BCUT2D eigenvalue weighted by Crippen LogP contribution is -2.01. The number of nitrogen functional groups attached to an aromatic ring is 1. The largest absolute Gasteiger partial charge is 0.421 e. The molecule has 2 N–H and O–H groups in total. The highest BCUT2D eigenvalue weighted by Gasteiger charge is 2.26. The van der Waals surface area contributed by atoms with E-state index in [-0.39, 0.29) is 34.4 Å². The van der Waals surface area contributed by atoms with Crippen molar-refractivity contribution in [2.24, 2.45) is 7.05 Å². The summed E-state index contributed by atoms with van der Waals surface area (Å²) in [5, 5.41) is 11.6. The van der Waals surface area contributed by atoms with Gasteiger partial charge in [0.2, 0.25) is 0 Å². The van der Waals surface area contributed by atoms with Gasteiger partial charge in [-0.15, -0.1) is 0 Å². The molecule has 3 aromatic heterocycles. The minimum Gasteiger partial charge on any atom is -0.421 e. The first-order valence-corrected chi connectivity index (χ1v) is 10.9. The lowest BCUT2D eigenvalue weighted by atomic mass is 9.94. The van der Waals surface area contributed by atoms with Crippen LogP contribution < -0.4 is 10.5 Å². The summed E-state index contributed by atoms with van der Waals surface area (Å²) in [5.74, 6) is -1.04. The smallest absolute Gasteiger partial charge is 0.322 e. The summed E-state index contributed by atoms with van der Waals surface area (Å²) < 4.78 is 22.9. The summed E-state index contributed by atoms with van der Waals surface area (Å²) in [4.78, 5) is 39.3. The van der Waals surface area contributed by atoms with Crippen LogP contribution in [-0.4, -0.2) is 35.7 Å². The number of hydrogen-bond donors (Lipinski definition) is 1. The van der Waals surface area contributed by atoms with Crippen molar-refractivity contribution in [3.8, 4) is 34.1 Å². The third-order valence-corrected chi connectivity index (χ3v) is 5.85. The Hall–Kier alpha value is -5.26. The minimum atomic E-state index is -0.917. The SMILES string of the molecule is Cc1ccnc(Oc2ccc(-c3c(-c4ccc([N+](=O)[O-])cc4)n(C)c4ncnc(N)c34)c(C=O)c2F)n1. The predicted molar refractivity (Wildman–Crippen MR) is 133 cm³/mol. The molecule has 3 heterocycles. The Bertz CT molecular complexity index is 1700. The van der Waals surface area contributed by atoms with Gasteiger partial charge >= 0.3 is 6.01 Å². The first-order valence-electron chi connectivity index (χ1n) is 10.9. The Morgan fingerprint density at radius 2 is 1.86 bits per heavy atom. The molecule has 12 heteroatoms. The maximum absolute atomic E-state index is 15.6. The van der Waals surface area contributed by atoms with E-state index in [0.717, 1.165) is 0 Å². The average Bonchev–Trinajstić information content (AvgIpc) is 3.18. The Morgan fingerprint density at radius 3 is 2.54 bits per heavy atom. The highest BCUT2D eigenvalue weighted by molar-refractivity contribution is 6.10. The molecule has 0 radical (unpaired) electrons. The number of aromatic nitrogens is 5. The van der Waals surface area contributed by atoms with Crippen LogP contribution in [0.5, 0.6) is 11.8 Å². The van der Waals surface area contributed by atoms with Gasteiger partial charge in [0.25, 0.3) is 5.69 Å². The van der Waals surface area contributed by atoms with Gasteiger partial charge in [-0.2, -0.15) is 0 Å². The molecule has 5 aromatic rings. The number of anilines is 1. The third kappa shape index (κ3) is 3.99. The maximum atomic E-state index is 15.6. The average molecular weight is 499 g/mol. The molecule has 37 heavy (non-hydrogen) atoms. The second-order valence-corrected chi connectivity index (χ2v) is 8.08. The van der Waals surface area contributed by atoms with E-state index in [1.807, 2.05) is 0 Å². The molecule has 11 nitrogen and oxygen atoms in total. The molecule has 0 unspecified atom stereocenters. The third-order valence-electron chi connectivity index (χ3n) is 5.85. The first kappa shape index (κ1) is 23.5. The summed E-state index contributed by atoms with van der Waals surface area (Å²) >= 11 is 0. The quantitative estimate of drug-likeness (QED) is 0.200. The van der Waals surface area contributed by atoms with Crippen LogP contribution in [0.1, 0.15) is 16.1 Å². The van der Waals surface area contributed by atoms with Crippen molar-refractivity contribution in [1.82, 2.24) is 24.5 Å². The van der Waals surface area contributed by atoms with E-state index in [2.05, 4.69) is 19.9 Å². The zero-order valence-corrected chi connectivity index (χ0v) is 19.5. The number of nitrogens with two attached hydrogens (primary N) is 1. The van der Waals surface area contributed by atoms with Crippen LogP contribution in [-0.2, 0) is 7.05 Å². The van der Waals surface area contributed by atoms with Gasteiger partial charge in [0.15, 0.2) is 17.9 Å². The van der Waals surface area contributed by atoms with Crippen molar-refractivity contribution < 1.29 is 18.8 Å². The topological polar surface area (TPSA) is 152 Å². The molecular formula is C25H18FN7O4. The Kier molecular flexibility index (Phi) is 5.76. The number of aryl methyl sites for hydroxylation is 2. The zero-order valence-electron chi connectivity index (χ0n) is 19.5.